The second-order valence-electron chi connectivity index (χ2n) is 8.42. The van der Waals surface area contributed by atoms with Crippen LogP contribution in [0.4, 0.5) is 17.5 Å². The van der Waals surface area contributed by atoms with E-state index in [1.807, 2.05) is 42.3 Å². The minimum atomic E-state index is -0.321. The predicted octanol–water partition coefficient (Wildman–Crippen LogP) is 3.07. The Hall–Kier alpha value is -5.11. The van der Waals surface area contributed by atoms with Crippen molar-refractivity contribution in [3.8, 4) is 17.2 Å². The molecule has 3 N–H and O–H groups in total. The summed E-state index contributed by atoms with van der Waals surface area (Å²) >= 11 is 0. The van der Waals surface area contributed by atoms with E-state index in [0.717, 1.165) is 0 Å². The van der Waals surface area contributed by atoms with Gasteiger partial charge in [-0.1, -0.05) is 24.3 Å². The molecule has 0 spiro atoms. The summed E-state index contributed by atoms with van der Waals surface area (Å²) in [5, 5.41) is 7.79. The molecule has 5 aromatic rings. The fourth-order valence-electron chi connectivity index (χ4n) is 4.34. The van der Waals surface area contributed by atoms with Gasteiger partial charge in [-0.15, -0.1) is 0 Å². The molecule has 0 saturated heterocycles. The van der Waals surface area contributed by atoms with E-state index in [4.69, 9.17) is 26.8 Å². The van der Waals surface area contributed by atoms with Crippen molar-refractivity contribution in [2.75, 3.05) is 30.8 Å². The van der Waals surface area contributed by atoms with E-state index in [0.29, 0.717) is 63.9 Å². The second-order valence-corrected chi connectivity index (χ2v) is 8.42. The van der Waals surface area contributed by atoms with Crippen molar-refractivity contribution in [3.63, 3.8) is 0 Å². The standard InChI is InChI=1S/C25H20N8O3/c1-27-14-8-9-18-19(10-14)36-16(13-35-18)12-32(2)25-28-11-17-21-20(22(26)31-30-21)24(34)33(23(17)29-25)15-6-4-3-5-7-15/h3-11,16H,12-13H2,2H3,(H3,26,30,31)/t16-/m0/s1. The molecule has 0 bridgehead atoms. The molecular weight excluding hydrogens is 460 g/mol. The Bertz CT molecular complexity index is 1720. The van der Waals surface area contributed by atoms with Gasteiger partial charge in [0.05, 0.1) is 29.7 Å². The number of para-hydroxylation sites is 1. The highest BCUT2D eigenvalue weighted by atomic mass is 16.6. The van der Waals surface area contributed by atoms with Gasteiger partial charge in [-0.2, -0.15) is 10.1 Å². The van der Waals surface area contributed by atoms with Crippen LogP contribution in [-0.4, -0.2) is 51.0 Å². The molecule has 178 valence electrons. The monoisotopic (exact) mass is 480 g/mol. The van der Waals surface area contributed by atoms with Crippen LogP contribution >= 0.6 is 0 Å². The second kappa shape index (κ2) is 8.28. The number of aromatic amines is 1. The fraction of sp³-hybridized carbons (Fsp3) is 0.160. The number of hydrogen-bond donors (Lipinski definition) is 2. The number of fused-ring (bicyclic) bond motifs is 4. The Kier molecular flexibility index (Phi) is 4.93. The number of pyridine rings is 1. The van der Waals surface area contributed by atoms with Crippen LogP contribution < -0.4 is 25.7 Å². The van der Waals surface area contributed by atoms with Gasteiger partial charge in [0.1, 0.15) is 12.0 Å². The van der Waals surface area contributed by atoms with Crippen molar-refractivity contribution < 1.29 is 9.47 Å². The SMILES string of the molecule is [C-]#[N+]c1ccc2c(c1)O[C@@H](CN(C)c1ncc3c4[nH]nc(N)c4c(=O)n(-c4ccccc4)c3n1)CO2. The van der Waals surface area contributed by atoms with Gasteiger partial charge < -0.3 is 20.1 Å². The lowest BCUT2D eigenvalue weighted by atomic mass is 10.2. The van der Waals surface area contributed by atoms with Crippen LogP contribution in [0.3, 0.4) is 0 Å². The molecule has 11 heteroatoms. The van der Waals surface area contributed by atoms with E-state index in [2.05, 4.69) is 20.0 Å². The third kappa shape index (κ3) is 3.43. The summed E-state index contributed by atoms with van der Waals surface area (Å²) < 4.78 is 13.4. The molecule has 1 aliphatic heterocycles. The summed E-state index contributed by atoms with van der Waals surface area (Å²) in [5.41, 5.74) is 7.73. The number of likely N-dealkylation sites (N-methyl/N-ethyl adjacent to an activating group) is 1. The molecule has 0 fully saturated rings. The first-order chi connectivity index (χ1) is 17.5. The van der Waals surface area contributed by atoms with Crippen molar-refractivity contribution in [1.29, 1.82) is 0 Å². The number of benzene rings is 2. The topological polar surface area (TPSA) is 129 Å². The highest BCUT2D eigenvalue weighted by molar-refractivity contribution is 6.05. The molecule has 3 aromatic heterocycles. The average molecular weight is 480 g/mol. The van der Waals surface area contributed by atoms with Gasteiger partial charge in [0.2, 0.25) is 5.95 Å². The molecule has 11 nitrogen and oxygen atoms in total. The number of aromatic nitrogens is 5. The predicted molar refractivity (Wildman–Crippen MR) is 135 cm³/mol. The Balaban J connectivity index is 1.39. The molecule has 0 unspecified atom stereocenters. The molecule has 1 aliphatic rings. The summed E-state index contributed by atoms with van der Waals surface area (Å²) in [6, 6.07) is 14.3. The molecule has 6 rings (SSSR count). The number of nitrogens with one attached hydrogen (secondary N) is 1. The highest BCUT2D eigenvalue weighted by Gasteiger charge is 2.25. The van der Waals surface area contributed by atoms with Crippen LogP contribution in [0.25, 0.3) is 32.5 Å². The van der Waals surface area contributed by atoms with E-state index in [1.54, 1.807) is 24.4 Å². The normalized spacial score (nSPS) is 14.6. The summed E-state index contributed by atoms with van der Waals surface area (Å²) in [6.45, 7) is 7.97. The zero-order valence-corrected chi connectivity index (χ0v) is 19.2. The van der Waals surface area contributed by atoms with E-state index in [-0.39, 0.29) is 17.5 Å². The van der Waals surface area contributed by atoms with Crippen molar-refractivity contribution in [2.24, 2.45) is 0 Å². The third-order valence-electron chi connectivity index (χ3n) is 6.06. The van der Waals surface area contributed by atoms with Crippen molar-refractivity contribution in [3.05, 3.63) is 76.5 Å². The molecular formula is C25H20N8O3. The van der Waals surface area contributed by atoms with Crippen LogP contribution in [-0.2, 0) is 0 Å². The Morgan fingerprint density at radius 1 is 1.25 bits per heavy atom. The first-order valence-corrected chi connectivity index (χ1v) is 11.2. The molecule has 4 heterocycles. The zero-order chi connectivity index (χ0) is 24.8. The minimum absolute atomic E-state index is 0.124. The Labute approximate surface area is 204 Å². The van der Waals surface area contributed by atoms with Gasteiger partial charge in [0, 0.05) is 13.2 Å². The van der Waals surface area contributed by atoms with E-state index in [9.17, 15) is 4.79 Å². The van der Waals surface area contributed by atoms with Gasteiger partial charge in [-0.25, -0.2) is 9.83 Å². The largest absolute Gasteiger partial charge is 0.486 e. The average Bonchev–Trinajstić information content (AvgIpc) is 3.30. The lowest BCUT2D eigenvalue weighted by Gasteiger charge is -2.30. The maximum absolute atomic E-state index is 13.5. The summed E-state index contributed by atoms with van der Waals surface area (Å²) in [5.74, 6) is 1.67. The molecule has 0 radical (unpaired) electrons. The van der Waals surface area contributed by atoms with Crippen molar-refractivity contribution in [1.82, 2.24) is 24.7 Å². The number of nitrogens with two attached hydrogens (primary N) is 1. The number of H-pyrrole nitrogens is 1. The van der Waals surface area contributed by atoms with Gasteiger partial charge in [0.25, 0.3) is 5.56 Å². The Morgan fingerprint density at radius 3 is 2.89 bits per heavy atom. The number of nitrogen functional groups attached to an aromatic ring is 1. The van der Waals surface area contributed by atoms with E-state index in [1.165, 1.54) is 4.57 Å². The first kappa shape index (κ1) is 21.4. The number of ether oxygens (including phenoxy) is 2. The molecule has 2 aromatic carbocycles. The fourth-order valence-corrected chi connectivity index (χ4v) is 4.34. The van der Waals surface area contributed by atoms with E-state index < -0.39 is 0 Å². The lowest BCUT2D eigenvalue weighted by molar-refractivity contribution is 0.0959. The van der Waals surface area contributed by atoms with Crippen LogP contribution in [0.15, 0.2) is 59.5 Å². The number of hydrogen-bond acceptors (Lipinski definition) is 8. The van der Waals surface area contributed by atoms with Crippen molar-refractivity contribution >= 4 is 39.4 Å². The minimum Gasteiger partial charge on any atom is -0.486 e. The quantitative estimate of drug-likeness (QED) is 0.376. The molecule has 0 saturated carbocycles. The molecule has 36 heavy (non-hydrogen) atoms. The van der Waals surface area contributed by atoms with Crippen LogP contribution in [0.1, 0.15) is 0 Å². The smallest absolute Gasteiger partial charge is 0.270 e. The number of anilines is 2. The highest BCUT2D eigenvalue weighted by Crippen LogP contribution is 2.35. The molecule has 0 amide bonds. The Morgan fingerprint density at radius 2 is 2.08 bits per heavy atom. The number of nitrogens with zero attached hydrogens (tertiary/aromatic N) is 6. The van der Waals surface area contributed by atoms with Crippen molar-refractivity contribution in [2.45, 2.75) is 6.10 Å². The van der Waals surface area contributed by atoms with Gasteiger partial charge in [-0.3, -0.25) is 14.5 Å². The van der Waals surface area contributed by atoms with Gasteiger partial charge >= 0.3 is 0 Å². The summed E-state index contributed by atoms with van der Waals surface area (Å²) in [6.07, 6.45) is 1.34. The maximum atomic E-state index is 13.5. The van der Waals surface area contributed by atoms with Crippen LogP contribution in [0, 0.1) is 6.57 Å². The number of rotatable bonds is 4. The third-order valence-corrected chi connectivity index (χ3v) is 6.06. The lowest BCUT2D eigenvalue weighted by Crippen LogP contribution is -2.40. The summed E-state index contributed by atoms with van der Waals surface area (Å²) in [4.78, 5) is 28.1. The van der Waals surface area contributed by atoms with Gasteiger partial charge in [-0.05, 0) is 24.3 Å². The zero-order valence-electron chi connectivity index (χ0n) is 19.2. The van der Waals surface area contributed by atoms with Gasteiger partial charge in [0.15, 0.2) is 34.8 Å². The first-order valence-electron chi connectivity index (χ1n) is 11.2. The van der Waals surface area contributed by atoms with E-state index >= 15 is 0 Å². The maximum Gasteiger partial charge on any atom is 0.270 e. The van der Waals surface area contributed by atoms with Crippen LogP contribution in [0.5, 0.6) is 11.5 Å². The van der Waals surface area contributed by atoms with Crippen LogP contribution in [0.2, 0.25) is 0 Å². The molecule has 0 aliphatic carbocycles. The molecule has 1 atom stereocenters. The summed E-state index contributed by atoms with van der Waals surface area (Å²) in [7, 11) is 1.84.